The maximum absolute atomic E-state index is 12.4. The molecule has 2 atom stereocenters. The number of carboxylic acid groups (broad SMARTS) is 1. The summed E-state index contributed by atoms with van der Waals surface area (Å²) in [5.41, 5.74) is 0.520. The quantitative estimate of drug-likeness (QED) is 0.725. The van der Waals surface area contributed by atoms with Crippen LogP contribution in [0.4, 0.5) is 5.69 Å². The van der Waals surface area contributed by atoms with E-state index in [1.165, 1.54) is 31.1 Å². The number of nitrogens with zero attached hydrogens (tertiary/aromatic N) is 4. The summed E-state index contributed by atoms with van der Waals surface area (Å²) in [5.74, 6) is -1.07. The van der Waals surface area contributed by atoms with E-state index in [0.29, 0.717) is 5.69 Å². The number of carboxylic acids is 1. The van der Waals surface area contributed by atoms with Crippen LogP contribution < -0.4 is 4.90 Å². The molecule has 0 amide bonds. The molecule has 3 rings (SSSR count). The van der Waals surface area contributed by atoms with Crippen LogP contribution in [0.25, 0.3) is 11.0 Å². The lowest BCUT2D eigenvalue weighted by atomic mass is 10.2. The molecule has 0 aliphatic carbocycles. The minimum Gasteiger partial charge on any atom is -0.480 e. The zero-order valence-electron chi connectivity index (χ0n) is 13.9. The van der Waals surface area contributed by atoms with Gasteiger partial charge in [-0.05, 0) is 22.4 Å². The summed E-state index contributed by atoms with van der Waals surface area (Å²) in [6.45, 7) is 0.155. The van der Waals surface area contributed by atoms with Gasteiger partial charge in [-0.1, -0.05) is 0 Å². The molecule has 1 fully saturated rings. The van der Waals surface area contributed by atoms with E-state index in [9.17, 15) is 18.3 Å². The predicted molar refractivity (Wildman–Crippen MR) is 82.1 cm³/mol. The number of aromatic nitrogens is 2. The fourth-order valence-electron chi connectivity index (χ4n) is 2.77. The van der Waals surface area contributed by atoms with Crippen LogP contribution in [-0.2, 0) is 14.8 Å². The van der Waals surface area contributed by atoms with Gasteiger partial charge in [0.2, 0.25) is 11.5 Å². The van der Waals surface area contributed by atoms with Crippen LogP contribution in [0.3, 0.4) is 0 Å². The van der Waals surface area contributed by atoms with Gasteiger partial charge >= 0.3 is 5.97 Å². The Kier molecular flexibility index (Phi) is 3.62. The normalized spacial score (nSPS) is 22.3. The number of aliphatic carboxylic acids is 1. The summed E-state index contributed by atoms with van der Waals surface area (Å²) in [5, 5.41) is 21.4. The number of rotatable bonds is 5. The SMILES string of the molecule is [2H]O[C@H]1C[C@@H](C(=O)O)N(c2ccc(S(=O)(=O)N(C)C)c3nonc23)C1. The first-order chi connectivity index (χ1) is 11.8. The maximum Gasteiger partial charge on any atom is 0.326 e. The summed E-state index contributed by atoms with van der Waals surface area (Å²) in [7, 11) is -1.00. The number of aliphatic hydroxyl groups excluding tert-OH is 1. The van der Waals surface area contributed by atoms with Gasteiger partial charge in [-0.2, -0.15) is 0 Å². The highest BCUT2D eigenvalue weighted by Gasteiger charge is 2.38. The van der Waals surface area contributed by atoms with Crippen LogP contribution in [0.2, 0.25) is 0 Å². The van der Waals surface area contributed by atoms with Crippen LogP contribution in [0.15, 0.2) is 21.7 Å². The number of fused-ring (bicyclic) bond motifs is 1. The van der Waals surface area contributed by atoms with Crippen molar-refractivity contribution in [1.82, 2.24) is 14.6 Å². The van der Waals surface area contributed by atoms with Crippen molar-refractivity contribution in [2.24, 2.45) is 0 Å². The molecule has 0 bridgehead atoms. The molecule has 2 N–H and O–H groups in total. The highest BCUT2D eigenvalue weighted by Crippen LogP contribution is 2.34. The van der Waals surface area contributed by atoms with Crippen LogP contribution >= 0.6 is 0 Å². The van der Waals surface area contributed by atoms with E-state index in [1.54, 1.807) is 0 Å². The Morgan fingerprint density at radius 2 is 2.12 bits per heavy atom. The molecule has 130 valence electrons. The standard InChI is InChI=1S/C13H16N4O6S/c1-16(2)24(21,22)10-4-3-8(11-12(10)15-23-14-11)17-6-7(18)5-9(17)13(19)20/h3-4,7,9,18H,5-6H2,1-2H3,(H,19,20)/t7-,9-/m0/s1/i18D. The van der Waals surface area contributed by atoms with E-state index in [0.717, 1.165) is 4.31 Å². The zero-order chi connectivity index (χ0) is 18.4. The van der Waals surface area contributed by atoms with Crippen molar-refractivity contribution in [3.63, 3.8) is 0 Å². The molecule has 24 heavy (non-hydrogen) atoms. The second-order valence-corrected chi connectivity index (χ2v) is 7.82. The van der Waals surface area contributed by atoms with Gasteiger partial charge in [0.15, 0.2) is 11.0 Å². The molecule has 1 aliphatic heterocycles. The van der Waals surface area contributed by atoms with Crippen molar-refractivity contribution in [2.45, 2.75) is 23.5 Å². The molecule has 0 unspecified atom stereocenters. The van der Waals surface area contributed by atoms with Crippen LogP contribution in [0.5, 0.6) is 0 Å². The van der Waals surface area contributed by atoms with Gasteiger partial charge in [-0.25, -0.2) is 22.1 Å². The number of hydrogen-bond acceptors (Lipinski definition) is 8. The van der Waals surface area contributed by atoms with Gasteiger partial charge in [-0.3, -0.25) is 0 Å². The lowest BCUT2D eigenvalue weighted by Gasteiger charge is -2.23. The van der Waals surface area contributed by atoms with Gasteiger partial charge in [0.05, 0.1) is 11.8 Å². The molecule has 0 radical (unpaired) electrons. The Bertz CT molecular complexity index is 914. The third-order valence-corrected chi connectivity index (χ3v) is 5.82. The lowest BCUT2D eigenvalue weighted by molar-refractivity contribution is -0.138. The Morgan fingerprint density at radius 1 is 1.42 bits per heavy atom. The molecule has 10 nitrogen and oxygen atoms in total. The summed E-state index contributed by atoms with van der Waals surface area (Å²) < 4.78 is 37.6. The van der Waals surface area contributed by atoms with Crippen LogP contribution in [-0.4, -0.2) is 73.4 Å². The van der Waals surface area contributed by atoms with Crippen molar-refractivity contribution in [1.29, 1.82) is 1.43 Å². The predicted octanol–water partition coefficient (Wildman–Crippen LogP) is -0.503. The fourth-order valence-corrected chi connectivity index (χ4v) is 3.78. The largest absolute Gasteiger partial charge is 0.480 e. The smallest absolute Gasteiger partial charge is 0.326 e. The molecule has 0 saturated carbocycles. The first kappa shape index (κ1) is 15.3. The molecule has 1 aliphatic rings. The lowest BCUT2D eigenvalue weighted by Crippen LogP contribution is -2.36. The van der Waals surface area contributed by atoms with Gasteiger partial charge in [-0.15, -0.1) is 0 Å². The van der Waals surface area contributed by atoms with Crippen molar-refractivity contribution in [2.75, 3.05) is 25.5 Å². The molecule has 0 spiro atoms. The van der Waals surface area contributed by atoms with Gasteiger partial charge in [0.1, 0.15) is 10.9 Å². The Morgan fingerprint density at radius 3 is 2.75 bits per heavy atom. The average Bonchev–Trinajstić information content (AvgIpc) is 3.20. The molecule has 11 heteroatoms. The molecule has 2 aromatic rings. The molecular formula is C13H16N4O6S. The first-order valence-corrected chi connectivity index (χ1v) is 8.50. The highest BCUT2D eigenvalue weighted by atomic mass is 32.2. The van der Waals surface area contributed by atoms with E-state index in [1.807, 2.05) is 0 Å². The van der Waals surface area contributed by atoms with E-state index < -0.39 is 28.1 Å². The van der Waals surface area contributed by atoms with E-state index in [4.69, 9.17) is 6.06 Å². The summed E-state index contributed by atoms with van der Waals surface area (Å²) >= 11 is 0. The third-order valence-electron chi connectivity index (χ3n) is 3.97. The number of β-amino-alcohol motifs (C(OH)–C–C–N with tert-alkyl or cyclic N) is 1. The van der Waals surface area contributed by atoms with Crippen molar-refractivity contribution in [3.8, 4) is 0 Å². The van der Waals surface area contributed by atoms with Crippen molar-refractivity contribution in [3.05, 3.63) is 12.1 Å². The van der Waals surface area contributed by atoms with Crippen LogP contribution in [0.1, 0.15) is 6.42 Å². The second-order valence-electron chi connectivity index (χ2n) is 5.70. The van der Waals surface area contributed by atoms with Gasteiger partial charge < -0.3 is 15.1 Å². The molecule has 2 heterocycles. The Labute approximate surface area is 138 Å². The maximum atomic E-state index is 12.4. The Balaban J connectivity index is 2.14. The number of hydrogen-bond donors (Lipinski definition) is 2. The van der Waals surface area contributed by atoms with E-state index in [2.05, 4.69) is 15.4 Å². The third kappa shape index (κ3) is 2.50. The summed E-state index contributed by atoms with van der Waals surface area (Å²) in [6.07, 6.45) is -0.454. The molecular weight excluding hydrogens is 340 g/mol. The van der Waals surface area contributed by atoms with Gasteiger partial charge in [0.25, 0.3) is 0 Å². The molecule has 1 aromatic heterocycles. The number of benzene rings is 1. The van der Waals surface area contributed by atoms with Crippen LogP contribution in [0, 0.1) is 0 Å². The summed E-state index contributed by atoms with van der Waals surface area (Å²) in [4.78, 5) is 12.9. The van der Waals surface area contributed by atoms with E-state index in [-0.39, 0.29) is 28.9 Å². The average molecular weight is 357 g/mol. The fraction of sp³-hybridized carbons (Fsp3) is 0.462. The minimum atomic E-state index is -3.78. The molecule has 1 saturated heterocycles. The van der Waals surface area contributed by atoms with Gasteiger partial charge in [0, 0.05) is 27.1 Å². The number of sulfonamides is 1. The second kappa shape index (κ2) is 5.69. The number of anilines is 1. The first-order valence-electron chi connectivity index (χ1n) is 7.47. The monoisotopic (exact) mass is 357 g/mol. The zero-order valence-corrected chi connectivity index (χ0v) is 13.7. The number of aliphatic hydroxyl groups is 1. The number of carbonyl (C=O) groups is 1. The Hall–Kier alpha value is -2.24. The minimum absolute atomic E-state index is 0.0191. The molecule has 1 aromatic carbocycles. The van der Waals surface area contributed by atoms with Crippen molar-refractivity contribution >= 4 is 32.7 Å². The topological polar surface area (TPSA) is 137 Å². The summed E-state index contributed by atoms with van der Waals surface area (Å²) in [6, 6.07) is 1.88. The van der Waals surface area contributed by atoms with E-state index >= 15 is 0 Å². The van der Waals surface area contributed by atoms with Crippen molar-refractivity contribution < 1.29 is 28.1 Å². The highest BCUT2D eigenvalue weighted by molar-refractivity contribution is 7.89.